The third-order valence-electron chi connectivity index (χ3n) is 5.52. The Kier molecular flexibility index (Phi) is 26.5. The van der Waals surface area contributed by atoms with Crippen molar-refractivity contribution in [2.75, 3.05) is 39.5 Å². The maximum Gasteiger partial charge on any atom is 0.330 e. The van der Waals surface area contributed by atoms with Crippen LogP contribution in [-0.2, 0) is 13.6 Å². The van der Waals surface area contributed by atoms with Gasteiger partial charge in [0.15, 0.2) is 0 Å². The molecular weight excluding hydrogens is 461 g/mol. The predicted octanol–water partition coefficient (Wildman–Crippen LogP) is 5.06. The Balaban J connectivity index is 0. The fourth-order valence-electron chi connectivity index (χ4n) is 3.78. The van der Waals surface area contributed by atoms with E-state index in [-0.39, 0.29) is 17.0 Å². The highest BCUT2D eigenvalue weighted by atomic mass is 79.9. The first-order valence-electron chi connectivity index (χ1n) is 12.6. The highest BCUT2D eigenvalue weighted by Crippen LogP contribution is 2.48. The molecule has 184 valence electrons. The van der Waals surface area contributed by atoms with Crippen molar-refractivity contribution in [2.24, 2.45) is 0 Å². The second-order valence-corrected chi connectivity index (χ2v) is 10.6. The molecule has 0 aliphatic rings. The van der Waals surface area contributed by atoms with E-state index in [4.69, 9.17) is 9.05 Å². The largest absolute Gasteiger partial charge is 1.00 e. The number of hydrogen-bond donors (Lipinski definition) is 0. The molecule has 0 rings (SSSR count). The molecule has 0 spiro atoms. The molecule has 0 fully saturated rings. The van der Waals surface area contributed by atoms with Crippen molar-refractivity contribution < 1.29 is 30.6 Å². The highest BCUT2D eigenvalue weighted by Gasteiger charge is 2.22. The molecule has 0 aromatic rings. The van der Waals surface area contributed by atoms with Gasteiger partial charge in [-0.15, -0.1) is 0 Å². The number of halogens is 1. The SMILES string of the molecule is CCCCCCCCCCCCCCCCN(C)CCCP(=O)(OCC)OCC.[Br-]. The maximum absolute atomic E-state index is 12.4. The fourth-order valence-corrected chi connectivity index (χ4v) is 5.43. The highest BCUT2D eigenvalue weighted by molar-refractivity contribution is 7.53. The van der Waals surface area contributed by atoms with Gasteiger partial charge in [-0.05, 0) is 46.8 Å². The Bertz CT molecular complexity index is 375. The summed E-state index contributed by atoms with van der Waals surface area (Å²) in [6, 6.07) is 0. The molecule has 6 heteroatoms. The van der Waals surface area contributed by atoms with Crippen LogP contribution < -0.4 is 17.0 Å². The van der Waals surface area contributed by atoms with Crippen molar-refractivity contribution in [3.63, 3.8) is 0 Å². The number of hydrogen-bond acceptors (Lipinski definition) is 4. The smallest absolute Gasteiger partial charge is 0.330 e. The quantitative estimate of drug-likeness (QED) is 0.141. The molecule has 0 radical (unpaired) electrons. The van der Waals surface area contributed by atoms with Crippen molar-refractivity contribution in [3.05, 3.63) is 0 Å². The molecule has 0 aromatic carbocycles. The summed E-state index contributed by atoms with van der Waals surface area (Å²) in [5, 5.41) is 0. The van der Waals surface area contributed by atoms with E-state index in [1.165, 1.54) is 89.9 Å². The average Bonchev–Trinajstić information content (AvgIpc) is 2.68. The zero-order chi connectivity index (χ0) is 21.6. The third kappa shape index (κ3) is 21.8. The lowest BCUT2D eigenvalue weighted by Crippen LogP contribution is -3.00. The molecule has 0 bridgehead atoms. The van der Waals surface area contributed by atoms with Gasteiger partial charge in [-0.25, -0.2) is 0 Å². The minimum Gasteiger partial charge on any atom is -1.00 e. The van der Waals surface area contributed by atoms with Crippen LogP contribution in [0.4, 0.5) is 0 Å². The van der Waals surface area contributed by atoms with Crippen LogP contribution in [0.5, 0.6) is 0 Å². The van der Waals surface area contributed by atoms with Gasteiger partial charge in [-0.1, -0.05) is 90.4 Å². The number of unbranched alkanes of at least 4 members (excludes halogenated alkanes) is 13. The molecule has 0 amide bonds. The minimum atomic E-state index is -2.86. The molecule has 0 heterocycles. The first-order valence-corrected chi connectivity index (χ1v) is 14.4. The van der Waals surface area contributed by atoms with Gasteiger partial charge in [0.2, 0.25) is 0 Å². The average molecular weight is 514 g/mol. The Morgan fingerprint density at radius 3 is 1.37 bits per heavy atom. The van der Waals surface area contributed by atoms with E-state index in [0.717, 1.165) is 19.5 Å². The summed E-state index contributed by atoms with van der Waals surface area (Å²) < 4.78 is 23.1. The standard InChI is InChI=1S/C24H52NO3P.BrH/c1-5-8-9-10-11-12-13-14-15-16-17-18-19-20-22-25(4)23-21-24-29(26,27-6-2)28-7-3;/h5-24H2,1-4H3;1H/p-1. The Morgan fingerprint density at radius 2 is 0.967 bits per heavy atom. The molecule has 30 heavy (non-hydrogen) atoms. The first-order chi connectivity index (χ1) is 14.1. The summed E-state index contributed by atoms with van der Waals surface area (Å²) in [5.74, 6) is 0. The van der Waals surface area contributed by atoms with E-state index < -0.39 is 7.60 Å². The molecule has 0 saturated heterocycles. The summed E-state index contributed by atoms with van der Waals surface area (Å²) >= 11 is 0. The summed E-state index contributed by atoms with van der Waals surface area (Å²) in [5.41, 5.74) is 0. The van der Waals surface area contributed by atoms with Crippen LogP contribution in [0.3, 0.4) is 0 Å². The van der Waals surface area contributed by atoms with Crippen LogP contribution in [0.25, 0.3) is 0 Å². The molecule has 0 aliphatic heterocycles. The van der Waals surface area contributed by atoms with E-state index in [1.807, 2.05) is 13.8 Å². The van der Waals surface area contributed by atoms with Crippen LogP contribution in [-0.4, -0.2) is 44.4 Å². The molecule has 0 saturated carbocycles. The minimum absolute atomic E-state index is 0. The van der Waals surface area contributed by atoms with E-state index >= 15 is 0 Å². The molecule has 0 unspecified atom stereocenters. The van der Waals surface area contributed by atoms with Crippen LogP contribution in [0, 0.1) is 0 Å². The van der Waals surface area contributed by atoms with Crippen molar-refractivity contribution in [3.8, 4) is 0 Å². The molecule has 0 atom stereocenters. The van der Waals surface area contributed by atoms with Gasteiger partial charge in [0.25, 0.3) is 0 Å². The topological polar surface area (TPSA) is 38.8 Å². The third-order valence-corrected chi connectivity index (χ3v) is 7.68. The van der Waals surface area contributed by atoms with Gasteiger partial charge in [-0.2, -0.15) is 0 Å². The zero-order valence-electron chi connectivity index (χ0n) is 20.6. The molecular formula is C24H52BrNO3P-. The summed E-state index contributed by atoms with van der Waals surface area (Å²) in [7, 11) is -0.703. The number of nitrogens with zero attached hydrogens (tertiary/aromatic N) is 1. The number of rotatable bonds is 23. The van der Waals surface area contributed by atoms with Gasteiger partial charge in [-0.3, -0.25) is 4.57 Å². The summed E-state index contributed by atoms with van der Waals surface area (Å²) in [4.78, 5) is 2.35. The molecule has 0 aliphatic carbocycles. The maximum atomic E-state index is 12.4. The van der Waals surface area contributed by atoms with E-state index in [0.29, 0.717) is 19.4 Å². The molecule has 0 aromatic heterocycles. The van der Waals surface area contributed by atoms with Crippen molar-refractivity contribution in [2.45, 2.75) is 117 Å². The van der Waals surface area contributed by atoms with Gasteiger partial charge in [0.1, 0.15) is 0 Å². The lowest BCUT2D eigenvalue weighted by atomic mass is 10.0. The monoisotopic (exact) mass is 512 g/mol. The Hall–Kier alpha value is 0.590. The second-order valence-electron chi connectivity index (χ2n) is 8.42. The fraction of sp³-hybridized carbons (Fsp3) is 1.00. The van der Waals surface area contributed by atoms with Crippen molar-refractivity contribution in [1.29, 1.82) is 0 Å². The summed E-state index contributed by atoms with van der Waals surface area (Å²) in [6.07, 6.45) is 21.0. The Labute approximate surface area is 199 Å². The lowest BCUT2D eigenvalue weighted by molar-refractivity contribution is -0.0000114. The van der Waals surface area contributed by atoms with Crippen molar-refractivity contribution in [1.82, 2.24) is 4.90 Å². The lowest BCUT2D eigenvalue weighted by Gasteiger charge is -2.20. The van der Waals surface area contributed by atoms with Crippen LogP contribution in [0.2, 0.25) is 0 Å². The van der Waals surface area contributed by atoms with Crippen molar-refractivity contribution >= 4 is 7.60 Å². The van der Waals surface area contributed by atoms with E-state index in [9.17, 15) is 4.57 Å². The molecule has 4 nitrogen and oxygen atoms in total. The molecule has 0 N–H and O–H groups in total. The van der Waals surface area contributed by atoms with Crippen LogP contribution >= 0.6 is 7.60 Å². The first kappa shape index (κ1) is 32.8. The van der Waals surface area contributed by atoms with Gasteiger partial charge in [0.05, 0.1) is 19.4 Å². The van der Waals surface area contributed by atoms with E-state index in [1.54, 1.807) is 0 Å². The Morgan fingerprint density at radius 1 is 0.600 bits per heavy atom. The normalized spacial score (nSPS) is 11.8. The van der Waals surface area contributed by atoms with E-state index in [2.05, 4.69) is 18.9 Å². The predicted molar refractivity (Wildman–Crippen MR) is 128 cm³/mol. The zero-order valence-corrected chi connectivity index (χ0v) is 23.1. The second kappa shape index (κ2) is 24.2. The summed E-state index contributed by atoms with van der Waals surface area (Å²) in [6.45, 7) is 9.01. The van der Waals surface area contributed by atoms with Crippen LogP contribution in [0.15, 0.2) is 0 Å². The van der Waals surface area contributed by atoms with Gasteiger partial charge < -0.3 is 30.9 Å². The van der Waals surface area contributed by atoms with Gasteiger partial charge in [0, 0.05) is 0 Å². The van der Waals surface area contributed by atoms with Gasteiger partial charge >= 0.3 is 7.60 Å². The van der Waals surface area contributed by atoms with Crippen LogP contribution in [0.1, 0.15) is 117 Å².